The minimum Gasteiger partial charge on any atom is -0.478 e. The molecule has 0 atom stereocenters. The fraction of sp³-hybridized carbons (Fsp3) is 0.333. The highest BCUT2D eigenvalue weighted by Gasteiger charge is 2.20. The number of esters is 1. The van der Waals surface area contributed by atoms with Gasteiger partial charge in [-0.25, -0.2) is 13.6 Å². The maximum Gasteiger partial charge on any atom is 0.344 e. The lowest BCUT2D eigenvalue weighted by molar-refractivity contribution is -0.145. The van der Waals surface area contributed by atoms with Gasteiger partial charge in [-0.15, -0.1) is 0 Å². The maximum atomic E-state index is 13.4. The van der Waals surface area contributed by atoms with Crippen molar-refractivity contribution in [2.24, 2.45) is 0 Å². The second kappa shape index (κ2) is 6.09. The van der Waals surface area contributed by atoms with Gasteiger partial charge in [0.05, 0.1) is 12.2 Å². The van der Waals surface area contributed by atoms with Gasteiger partial charge >= 0.3 is 5.97 Å². The number of rotatable bonds is 5. The summed E-state index contributed by atoms with van der Waals surface area (Å²) in [5.41, 5.74) is -0.515. The highest BCUT2D eigenvalue weighted by Crippen LogP contribution is 2.26. The molecule has 0 unspecified atom stereocenters. The number of Topliss-reactive ketones (excluding diaryl/α,β-unsaturated/α-hetero) is 1. The zero-order valence-corrected chi connectivity index (χ0v) is 9.96. The molecule has 6 heteroatoms. The average molecular weight is 258 g/mol. The smallest absolute Gasteiger partial charge is 0.344 e. The van der Waals surface area contributed by atoms with Crippen molar-refractivity contribution in [3.8, 4) is 5.75 Å². The van der Waals surface area contributed by atoms with Gasteiger partial charge in [-0.3, -0.25) is 4.79 Å². The third kappa shape index (κ3) is 3.26. The van der Waals surface area contributed by atoms with Gasteiger partial charge in [0.15, 0.2) is 24.0 Å². The number of ether oxygens (including phenoxy) is 2. The number of benzene rings is 1. The Hall–Kier alpha value is -1.98. The van der Waals surface area contributed by atoms with Gasteiger partial charge in [0, 0.05) is 0 Å². The van der Waals surface area contributed by atoms with E-state index in [4.69, 9.17) is 4.74 Å². The van der Waals surface area contributed by atoms with Crippen LogP contribution in [0.15, 0.2) is 12.1 Å². The highest BCUT2D eigenvalue weighted by atomic mass is 19.1. The summed E-state index contributed by atoms with van der Waals surface area (Å²) >= 11 is 0. The molecule has 0 saturated heterocycles. The molecule has 0 amide bonds. The molecule has 98 valence electrons. The van der Waals surface area contributed by atoms with E-state index in [1.54, 1.807) is 6.92 Å². The minimum atomic E-state index is -0.911. The molecule has 0 aliphatic carbocycles. The van der Waals surface area contributed by atoms with E-state index in [2.05, 4.69) is 4.74 Å². The Morgan fingerprint density at radius 2 is 1.83 bits per heavy atom. The molecule has 1 aromatic carbocycles. The second-order valence-corrected chi connectivity index (χ2v) is 3.38. The maximum absolute atomic E-state index is 13.4. The normalized spacial score (nSPS) is 10.0. The molecule has 1 rings (SSSR count). The van der Waals surface area contributed by atoms with Crippen LogP contribution < -0.4 is 4.74 Å². The first-order valence-electron chi connectivity index (χ1n) is 5.24. The monoisotopic (exact) mass is 258 g/mol. The van der Waals surface area contributed by atoms with Crippen molar-refractivity contribution in [1.82, 2.24) is 0 Å². The van der Waals surface area contributed by atoms with Crippen molar-refractivity contribution in [1.29, 1.82) is 0 Å². The Balaban J connectivity index is 2.97. The number of carbonyl (C=O) groups excluding carboxylic acids is 2. The van der Waals surface area contributed by atoms with Crippen LogP contribution in [-0.2, 0) is 9.53 Å². The quantitative estimate of drug-likeness (QED) is 0.599. The van der Waals surface area contributed by atoms with E-state index in [1.165, 1.54) is 0 Å². The molecule has 0 saturated carbocycles. The number of hydrogen-bond acceptors (Lipinski definition) is 4. The Labute approximate surface area is 103 Å². The molecule has 0 radical (unpaired) electrons. The summed E-state index contributed by atoms with van der Waals surface area (Å²) in [5, 5.41) is 0. The zero-order chi connectivity index (χ0) is 13.7. The van der Waals surface area contributed by atoms with Gasteiger partial charge in [-0.05, 0) is 26.0 Å². The molecule has 0 N–H and O–H groups in total. The van der Waals surface area contributed by atoms with Crippen LogP contribution in [0.3, 0.4) is 0 Å². The van der Waals surface area contributed by atoms with Crippen LogP contribution in [0.25, 0.3) is 0 Å². The van der Waals surface area contributed by atoms with Crippen LogP contribution in [0.4, 0.5) is 8.78 Å². The fourth-order valence-electron chi connectivity index (χ4n) is 1.34. The zero-order valence-electron chi connectivity index (χ0n) is 9.96. The molecule has 0 aliphatic rings. The summed E-state index contributed by atoms with van der Waals surface area (Å²) in [6.45, 7) is 2.23. The predicted molar refractivity (Wildman–Crippen MR) is 58.5 cm³/mol. The van der Waals surface area contributed by atoms with E-state index >= 15 is 0 Å². The minimum absolute atomic E-state index is 0.146. The summed E-state index contributed by atoms with van der Waals surface area (Å²) in [6.07, 6.45) is 0. The number of ketones is 1. The summed E-state index contributed by atoms with van der Waals surface area (Å²) in [6, 6.07) is 1.64. The van der Waals surface area contributed by atoms with Crippen LogP contribution in [0.5, 0.6) is 5.75 Å². The summed E-state index contributed by atoms with van der Waals surface area (Å²) in [4.78, 5) is 22.3. The lowest BCUT2D eigenvalue weighted by Gasteiger charge is -2.10. The third-order valence-corrected chi connectivity index (χ3v) is 2.05. The van der Waals surface area contributed by atoms with Crippen LogP contribution in [-0.4, -0.2) is 25.0 Å². The standard InChI is InChI=1S/C12H12F2O4/c1-3-17-10(16)6-18-12-9(14)5-4-8(13)11(12)7(2)15/h4-5H,3,6H2,1-2H3. The van der Waals surface area contributed by atoms with Gasteiger partial charge < -0.3 is 9.47 Å². The third-order valence-electron chi connectivity index (χ3n) is 2.05. The summed E-state index contributed by atoms with van der Waals surface area (Å²) < 4.78 is 36.2. The first-order chi connectivity index (χ1) is 8.47. The van der Waals surface area contributed by atoms with Crippen LogP contribution in [0.2, 0.25) is 0 Å². The first kappa shape index (κ1) is 14.1. The van der Waals surface area contributed by atoms with E-state index in [-0.39, 0.29) is 6.61 Å². The molecule has 0 aromatic heterocycles. The van der Waals surface area contributed by atoms with E-state index in [0.717, 1.165) is 19.1 Å². The van der Waals surface area contributed by atoms with Crippen LogP contribution >= 0.6 is 0 Å². The predicted octanol–water partition coefficient (Wildman–Crippen LogP) is 2.11. The van der Waals surface area contributed by atoms with Gasteiger partial charge in [0.1, 0.15) is 5.82 Å². The Morgan fingerprint density at radius 3 is 2.39 bits per heavy atom. The van der Waals surface area contributed by atoms with Crippen molar-refractivity contribution in [3.63, 3.8) is 0 Å². The molecule has 0 heterocycles. The Bertz CT molecular complexity index is 471. The summed E-state index contributed by atoms with van der Waals surface area (Å²) in [5.74, 6) is -3.80. The molecule has 0 fully saturated rings. The summed E-state index contributed by atoms with van der Waals surface area (Å²) in [7, 11) is 0. The van der Waals surface area contributed by atoms with Crippen molar-refractivity contribution in [2.75, 3.05) is 13.2 Å². The van der Waals surface area contributed by atoms with Crippen molar-refractivity contribution in [2.45, 2.75) is 13.8 Å². The van der Waals surface area contributed by atoms with E-state index < -0.39 is 41.3 Å². The topological polar surface area (TPSA) is 52.6 Å². The lowest BCUT2D eigenvalue weighted by Crippen LogP contribution is -2.17. The average Bonchev–Trinajstić information content (AvgIpc) is 2.30. The first-order valence-corrected chi connectivity index (χ1v) is 5.24. The number of carbonyl (C=O) groups is 2. The molecule has 4 nitrogen and oxygen atoms in total. The molecule has 18 heavy (non-hydrogen) atoms. The van der Waals surface area contributed by atoms with E-state index in [0.29, 0.717) is 0 Å². The van der Waals surface area contributed by atoms with E-state index in [1.807, 2.05) is 0 Å². The number of halogens is 2. The molecule has 1 aromatic rings. The van der Waals surface area contributed by atoms with Crippen LogP contribution in [0, 0.1) is 11.6 Å². The Kier molecular flexibility index (Phi) is 4.76. The largest absolute Gasteiger partial charge is 0.478 e. The van der Waals surface area contributed by atoms with Gasteiger partial charge in [0.25, 0.3) is 0 Å². The lowest BCUT2D eigenvalue weighted by atomic mass is 10.1. The van der Waals surface area contributed by atoms with Crippen LogP contribution in [0.1, 0.15) is 24.2 Å². The van der Waals surface area contributed by atoms with Gasteiger partial charge in [0.2, 0.25) is 0 Å². The molecular weight excluding hydrogens is 246 g/mol. The molecule has 0 bridgehead atoms. The highest BCUT2D eigenvalue weighted by molar-refractivity contribution is 5.97. The SMILES string of the molecule is CCOC(=O)COc1c(F)ccc(F)c1C(C)=O. The molecule has 0 aliphatic heterocycles. The van der Waals surface area contributed by atoms with Gasteiger partial charge in [-0.2, -0.15) is 0 Å². The molecular formula is C12H12F2O4. The van der Waals surface area contributed by atoms with Crippen molar-refractivity contribution < 1.29 is 27.8 Å². The van der Waals surface area contributed by atoms with Crippen molar-refractivity contribution in [3.05, 3.63) is 29.3 Å². The number of hydrogen-bond donors (Lipinski definition) is 0. The molecule has 0 spiro atoms. The second-order valence-electron chi connectivity index (χ2n) is 3.38. The Morgan fingerprint density at radius 1 is 1.22 bits per heavy atom. The van der Waals surface area contributed by atoms with Crippen molar-refractivity contribution >= 4 is 11.8 Å². The fourth-order valence-corrected chi connectivity index (χ4v) is 1.34. The van der Waals surface area contributed by atoms with Gasteiger partial charge in [-0.1, -0.05) is 0 Å². The van der Waals surface area contributed by atoms with E-state index in [9.17, 15) is 18.4 Å².